The second-order valence-electron chi connectivity index (χ2n) is 10.1. The molecule has 1 saturated heterocycles. The molecule has 1 aliphatic rings. The van der Waals surface area contributed by atoms with Gasteiger partial charge in [0.25, 0.3) is 0 Å². The largest absolute Gasteiger partial charge is 0.355 e. The predicted octanol–water partition coefficient (Wildman–Crippen LogP) is 5.73. The number of sulfonamides is 1. The molecule has 7 nitrogen and oxygen atoms in total. The van der Waals surface area contributed by atoms with Crippen molar-refractivity contribution in [1.82, 2.24) is 9.46 Å². The van der Waals surface area contributed by atoms with Gasteiger partial charge >= 0.3 is 0 Å². The standard InChI is InChI=1S/C29H35N3O4S/c1-18-14-21(4)26(22(5)15-18)11-12-27-28(23(6)31-36-27)37(34,35)32-13-7-8-24(17-32)29(33)30-25-10-9-19(2)20(3)16-25/h9-12,14-16,24H,7-8,13,17H2,1-6H3,(H,30,33)/b12-11+/t24-/m1/s1. The SMILES string of the molecule is Cc1cc(C)c(/C=C/c2onc(C)c2S(=O)(=O)N2CCC[C@@H](C(=O)Nc3ccc(C)c(C)c3)C2)c(C)c1. The van der Waals surface area contributed by atoms with Crippen LogP contribution in [0.15, 0.2) is 39.8 Å². The van der Waals surface area contributed by atoms with E-state index < -0.39 is 15.9 Å². The quantitative estimate of drug-likeness (QED) is 0.447. The molecule has 0 bridgehead atoms. The lowest BCUT2D eigenvalue weighted by Gasteiger charge is -2.31. The number of rotatable bonds is 6. The monoisotopic (exact) mass is 521 g/mol. The fraction of sp³-hybridized carbons (Fsp3) is 0.379. The minimum atomic E-state index is -3.92. The van der Waals surface area contributed by atoms with Crippen molar-refractivity contribution >= 4 is 33.8 Å². The number of aryl methyl sites for hydroxylation is 6. The van der Waals surface area contributed by atoms with E-state index in [0.29, 0.717) is 25.1 Å². The second-order valence-corrected chi connectivity index (χ2v) is 12.0. The highest BCUT2D eigenvalue weighted by Gasteiger charge is 2.37. The van der Waals surface area contributed by atoms with Gasteiger partial charge in [-0.05, 0) is 100 Å². The molecule has 4 rings (SSSR count). The van der Waals surface area contributed by atoms with Gasteiger partial charge in [-0.3, -0.25) is 4.79 Å². The summed E-state index contributed by atoms with van der Waals surface area (Å²) in [7, 11) is -3.92. The molecule has 2 heterocycles. The molecule has 1 aromatic heterocycles. The molecule has 0 unspecified atom stereocenters. The molecule has 0 aliphatic carbocycles. The first kappa shape index (κ1) is 26.8. The van der Waals surface area contributed by atoms with Crippen LogP contribution in [0.2, 0.25) is 0 Å². The average Bonchev–Trinajstić information content (AvgIpc) is 3.22. The molecule has 0 spiro atoms. The maximum Gasteiger partial charge on any atom is 0.248 e. The van der Waals surface area contributed by atoms with Crippen LogP contribution in [0.1, 0.15) is 57.7 Å². The van der Waals surface area contributed by atoms with E-state index in [0.717, 1.165) is 33.5 Å². The Hall–Kier alpha value is -3.23. The Balaban J connectivity index is 1.56. The molecule has 1 N–H and O–H groups in total. The summed E-state index contributed by atoms with van der Waals surface area (Å²) in [6.07, 6.45) is 4.77. The Morgan fingerprint density at radius 1 is 1.00 bits per heavy atom. The van der Waals surface area contributed by atoms with E-state index in [4.69, 9.17) is 4.52 Å². The molecule has 0 saturated carbocycles. The van der Waals surface area contributed by atoms with Crippen LogP contribution in [0.25, 0.3) is 12.2 Å². The lowest BCUT2D eigenvalue weighted by molar-refractivity contribution is -0.120. The lowest BCUT2D eigenvalue weighted by atomic mass is 9.98. The lowest BCUT2D eigenvalue weighted by Crippen LogP contribution is -2.43. The van der Waals surface area contributed by atoms with Gasteiger partial charge in [0.15, 0.2) is 10.7 Å². The molecule has 1 fully saturated rings. The molecule has 37 heavy (non-hydrogen) atoms. The van der Waals surface area contributed by atoms with E-state index in [1.54, 1.807) is 13.0 Å². The molecule has 2 aromatic carbocycles. The number of anilines is 1. The van der Waals surface area contributed by atoms with Gasteiger partial charge in [0, 0.05) is 18.8 Å². The van der Waals surface area contributed by atoms with Crippen molar-refractivity contribution in [3.8, 4) is 0 Å². The van der Waals surface area contributed by atoms with Crippen LogP contribution >= 0.6 is 0 Å². The Labute approximate surface area is 219 Å². The summed E-state index contributed by atoms with van der Waals surface area (Å²) in [4.78, 5) is 13.1. The first-order valence-electron chi connectivity index (χ1n) is 12.6. The van der Waals surface area contributed by atoms with E-state index in [9.17, 15) is 13.2 Å². The zero-order chi connectivity index (χ0) is 26.9. The van der Waals surface area contributed by atoms with Crippen LogP contribution in [-0.4, -0.2) is 36.9 Å². The number of aromatic nitrogens is 1. The Morgan fingerprint density at radius 2 is 1.70 bits per heavy atom. The number of piperidine rings is 1. The molecular weight excluding hydrogens is 486 g/mol. The van der Waals surface area contributed by atoms with Gasteiger partial charge in [0.2, 0.25) is 15.9 Å². The summed E-state index contributed by atoms with van der Waals surface area (Å²) in [5.41, 5.74) is 7.65. The second kappa shape index (κ2) is 10.6. The Kier molecular flexibility index (Phi) is 7.71. The van der Waals surface area contributed by atoms with Crippen molar-refractivity contribution in [2.75, 3.05) is 18.4 Å². The zero-order valence-corrected chi connectivity index (χ0v) is 23.2. The minimum absolute atomic E-state index is 0.0568. The summed E-state index contributed by atoms with van der Waals surface area (Å²) < 4.78 is 34.3. The summed E-state index contributed by atoms with van der Waals surface area (Å²) in [5, 5.41) is 6.92. The number of amides is 1. The van der Waals surface area contributed by atoms with Gasteiger partial charge in [0.05, 0.1) is 5.92 Å². The summed E-state index contributed by atoms with van der Waals surface area (Å²) >= 11 is 0. The molecule has 0 radical (unpaired) electrons. The number of carbonyl (C=O) groups excluding carboxylic acids is 1. The fourth-order valence-corrected chi connectivity index (χ4v) is 6.75. The highest BCUT2D eigenvalue weighted by molar-refractivity contribution is 7.89. The minimum Gasteiger partial charge on any atom is -0.355 e. The summed E-state index contributed by atoms with van der Waals surface area (Å²) in [6.45, 7) is 12.2. The van der Waals surface area contributed by atoms with Crippen LogP contribution in [0.3, 0.4) is 0 Å². The maximum atomic E-state index is 13.7. The molecule has 196 valence electrons. The smallest absolute Gasteiger partial charge is 0.248 e. The number of carbonyl (C=O) groups is 1. The molecular formula is C29H35N3O4S. The van der Waals surface area contributed by atoms with Crippen molar-refractivity contribution < 1.29 is 17.7 Å². The van der Waals surface area contributed by atoms with Crippen molar-refractivity contribution in [3.63, 3.8) is 0 Å². The van der Waals surface area contributed by atoms with E-state index in [2.05, 4.69) is 22.6 Å². The number of nitrogens with one attached hydrogen (secondary N) is 1. The third-order valence-electron chi connectivity index (χ3n) is 7.10. The van der Waals surface area contributed by atoms with E-state index in [1.807, 2.05) is 58.9 Å². The van der Waals surface area contributed by atoms with Gasteiger partial charge in [-0.25, -0.2) is 8.42 Å². The third kappa shape index (κ3) is 5.70. The Morgan fingerprint density at radius 3 is 2.38 bits per heavy atom. The predicted molar refractivity (Wildman–Crippen MR) is 147 cm³/mol. The van der Waals surface area contributed by atoms with Gasteiger partial charge in [-0.1, -0.05) is 35.0 Å². The normalized spacial score (nSPS) is 16.9. The third-order valence-corrected chi connectivity index (χ3v) is 9.12. The van der Waals surface area contributed by atoms with Crippen LogP contribution in [0.5, 0.6) is 0 Å². The van der Waals surface area contributed by atoms with Gasteiger partial charge in [-0.2, -0.15) is 4.31 Å². The van der Waals surface area contributed by atoms with Crippen LogP contribution in [0.4, 0.5) is 5.69 Å². The van der Waals surface area contributed by atoms with Crippen molar-refractivity contribution in [2.45, 2.75) is 59.3 Å². The van der Waals surface area contributed by atoms with E-state index in [-0.39, 0.29) is 23.1 Å². The van der Waals surface area contributed by atoms with Crippen LogP contribution in [0, 0.1) is 47.5 Å². The van der Waals surface area contributed by atoms with Gasteiger partial charge < -0.3 is 9.84 Å². The van der Waals surface area contributed by atoms with E-state index >= 15 is 0 Å². The van der Waals surface area contributed by atoms with Crippen molar-refractivity contribution in [3.05, 3.63) is 75.2 Å². The number of hydrogen-bond donors (Lipinski definition) is 1. The molecule has 3 aromatic rings. The molecule has 1 atom stereocenters. The van der Waals surface area contributed by atoms with Crippen molar-refractivity contribution in [1.29, 1.82) is 0 Å². The van der Waals surface area contributed by atoms with Crippen LogP contribution in [-0.2, 0) is 14.8 Å². The van der Waals surface area contributed by atoms with E-state index in [1.165, 1.54) is 9.87 Å². The van der Waals surface area contributed by atoms with Crippen molar-refractivity contribution in [2.24, 2.45) is 5.92 Å². The molecule has 1 amide bonds. The number of benzene rings is 2. The highest BCUT2D eigenvalue weighted by atomic mass is 32.2. The van der Waals surface area contributed by atoms with Gasteiger partial charge in [-0.15, -0.1) is 0 Å². The number of hydrogen-bond acceptors (Lipinski definition) is 5. The molecule has 8 heteroatoms. The first-order valence-corrected chi connectivity index (χ1v) is 14.0. The maximum absolute atomic E-state index is 13.7. The van der Waals surface area contributed by atoms with Crippen LogP contribution < -0.4 is 5.32 Å². The molecule has 1 aliphatic heterocycles. The average molecular weight is 522 g/mol. The first-order chi connectivity index (χ1) is 17.5. The Bertz CT molecular complexity index is 1450. The fourth-order valence-electron chi connectivity index (χ4n) is 4.98. The number of nitrogens with zero attached hydrogens (tertiary/aromatic N) is 2. The zero-order valence-electron chi connectivity index (χ0n) is 22.4. The summed E-state index contributed by atoms with van der Waals surface area (Å²) in [5.74, 6) is -0.420. The van der Waals surface area contributed by atoms with Gasteiger partial charge in [0.1, 0.15) is 5.69 Å². The highest BCUT2D eigenvalue weighted by Crippen LogP contribution is 2.30. The summed E-state index contributed by atoms with van der Waals surface area (Å²) in [6, 6.07) is 9.95. The topological polar surface area (TPSA) is 92.5 Å².